The zero-order chi connectivity index (χ0) is 37.7. The van der Waals surface area contributed by atoms with Crippen LogP contribution in [0.3, 0.4) is 0 Å². The maximum absolute atomic E-state index is 6.41. The number of hydrogen-bond acceptors (Lipinski definition) is 4. The van der Waals surface area contributed by atoms with Crippen molar-refractivity contribution >= 4 is 21.8 Å². The summed E-state index contributed by atoms with van der Waals surface area (Å²) in [5, 5.41) is 2.36. The average molecular weight is 723 g/mol. The summed E-state index contributed by atoms with van der Waals surface area (Å²) in [5.74, 6) is 3.26. The molecule has 2 atom stereocenters. The minimum absolute atomic E-state index is 0.497. The number of para-hydroxylation sites is 1. The molecule has 1 aliphatic carbocycles. The lowest BCUT2D eigenvalue weighted by Gasteiger charge is -2.48. The number of allylic oxidation sites excluding steroid dienone is 6. The maximum Gasteiger partial charge on any atom is 0.163 e. The zero-order valence-electron chi connectivity index (χ0n) is 31.0. The van der Waals surface area contributed by atoms with Crippen LogP contribution in [0.4, 0.5) is 0 Å². The third-order valence-corrected chi connectivity index (χ3v) is 11.4. The Morgan fingerprint density at radius 1 is 0.554 bits per heavy atom. The first-order chi connectivity index (χ1) is 27.5. The first kappa shape index (κ1) is 33.5. The van der Waals surface area contributed by atoms with Gasteiger partial charge in [0, 0.05) is 33.8 Å². The fraction of sp³-hybridized carbons (Fsp3) is 0.0784. The van der Waals surface area contributed by atoms with E-state index in [0.29, 0.717) is 29.7 Å². The minimum atomic E-state index is -0.843. The van der Waals surface area contributed by atoms with Gasteiger partial charge in [-0.3, -0.25) is 0 Å². The van der Waals surface area contributed by atoms with E-state index in [-0.39, 0.29) is 0 Å². The predicted octanol–water partition coefficient (Wildman–Crippen LogP) is 12.2. The molecule has 0 spiro atoms. The highest BCUT2D eigenvalue weighted by Gasteiger charge is 2.53. The van der Waals surface area contributed by atoms with Crippen molar-refractivity contribution in [3.05, 3.63) is 212 Å². The smallest absolute Gasteiger partial charge is 0.163 e. The van der Waals surface area contributed by atoms with Crippen LogP contribution >= 0.6 is 0 Å². The van der Waals surface area contributed by atoms with E-state index in [1.807, 2.05) is 36.4 Å². The molecule has 0 saturated heterocycles. The Morgan fingerprint density at radius 3 is 1.88 bits per heavy atom. The van der Waals surface area contributed by atoms with Crippen LogP contribution in [0.2, 0.25) is 0 Å². The molecular weight excluding hydrogens is 685 g/mol. The van der Waals surface area contributed by atoms with E-state index in [1.54, 1.807) is 0 Å². The Hall–Kier alpha value is -7.11. The van der Waals surface area contributed by atoms with Gasteiger partial charge in [0.2, 0.25) is 0 Å². The molecule has 6 aromatic carbocycles. The summed E-state index contributed by atoms with van der Waals surface area (Å²) in [7, 11) is 0. The van der Waals surface area contributed by atoms with E-state index in [0.717, 1.165) is 50.2 Å². The second kappa shape index (κ2) is 13.3. The lowest BCUT2D eigenvalue weighted by Crippen LogP contribution is -2.51. The van der Waals surface area contributed by atoms with Crippen molar-refractivity contribution in [2.75, 3.05) is 0 Å². The lowest BCUT2D eigenvalue weighted by atomic mass is 9.64. The summed E-state index contributed by atoms with van der Waals surface area (Å²) in [6.07, 6.45) is 11.1. The highest BCUT2D eigenvalue weighted by molar-refractivity contribution is 6.09. The molecule has 268 valence electrons. The summed E-state index contributed by atoms with van der Waals surface area (Å²) in [5.41, 5.74) is 6.97. The molecule has 5 heteroatoms. The van der Waals surface area contributed by atoms with E-state index in [9.17, 15) is 0 Å². The van der Waals surface area contributed by atoms with Gasteiger partial charge in [-0.2, -0.15) is 0 Å². The van der Waals surface area contributed by atoms with E-state index in [4.69, 9.17) is 19.7 Å². The molecular formula is C51H38N4O. The van der Waals surface area contributed by atoms with Gasteiger partial charge < -0.3 is 9.30 Å². The molecule has 2 aromatic heterocycles. The molecule has 0 fully saturated rings. The molecule has 0 amide bonds. The summed E-state index contributed by atoms with van der Waals surface area (Å²) in [4.78, 5) is 16.1. The third kappa shape index (κ3) is 5.51. The van der Waals surface area contributed by atoms with E-state index < -0.39 is 11.0 Å². The van der Waals surface area contributed by atoms with Crippen molar-refractivity contribution in [3.63, 3.8) is 0 Å². The van der Waals surface area contributed by atoms with Crippen LogP contribution in [-0.4, -0.2) is 19.5 Å². The highest BCUT2D eigenvalue weighted by Crippen LogP contribution is 2.53. The normalized spacial score (nSPS) is 19.6. The fourth-order valence-electron chi connectivity index (χ4n) is 8.56. The van der Waals surface area contributed by atoms with Gasteiger partial charge in [0.15, 0.2) is 11.6 Å². The monoisotopic (exact) mass is 722 g/mol. The van der Waals surface area contributed by atoms with Crippen LogP contribution < -0.4 is 0 Å². The molecule has 2 unspecified atom stereocenters. The molecule has 8 aromatic rings. The van der Waals surface area contributed by atoms with E-state index in [1.165, 1.54) is 10.8 Å². The fourth-order valence-corrected chi connectivity index (χ4v) is 8.56. The van der Waals surface area contributed by atoms with Gasteiger partial charge in [0.1, 0.15) is 17.3 Å². The van der Waals surface area contributed by atoms with Gasteiger partial charge in [0.05, 0.1) is 16.5 Å². The van der Waals surface area contributed by atoms with Gasteiger partial charge in [-0.1, -0.05) is 164 Å². The van der Waals surface area contributed by atoms with Crippen molar-refractivity contribution in [1.29, 1.82) is 0 Å². The van der Waals surface area contributed by atoms with Crippen molar-refractivity contribution in [1.82, 2.24) is 19.5 Å². The molecule has 0 N–H and O–H groups in total. The topological polar surface area (TPSA) is 52.8 Å². The maximum atomic E-state index is 6.41. The second-order valence-corrected chi connectivity index (χ2v) is 14.8. The van der Waals surface area contributed by atoms with Crippen LogP contribution in [-0.2, 0) is 15.7 Å². The molecule has 10 rings (SSSR count). The number of aromatic nitrogens is 4. The second-order valence-electron chi connectivity index (χ2n) is 14.8. The molecule has 1 aliphatic heterocycles. The largest absolute Gasteiger partial charge is 0.462 e. The predicted molar refractivity (Wildman–Crippen MR) is 228 cm³/mol. The quantitative estimate of drug-likeness (QED) is 0.171. The SMILES string of the molecule is C=C1/C=C\C(C)(n2c3ccccc3c3ccc(-c4ccccc4)cc32)C2(c3nc(-c4ccccc4)nc(-c4cccc(-c5ccccc5)c4)n3)C=CC=C(C2)O1. The van der Waals surface area contributed by atoms with Gasteiger partial charge >= 0.3 is 0 Å². The number of nitrogens with zero attached hydrogens (tertiary/aromatic N) is 4. The minimum Gasteiger partial charge on any atom is -0.462 e. The Kier molecular flexibility index (Phi) is 7.96. The van der Waals surface area contributed by atoms with Crippen molar-refractivity contribution in [2.45, 2.75) is 24.3 Å². The molecule has 2 bridgehead atoms. The van der Waals surface area contributed by atoms with Gasteiger partial charge in [-0.15, -0.1) is 0 Å². The van der Waals surface area contributed by atoms with Crippen molar-refractivity contribution in [2.24, 2.45) is 0 Å². The Morgan fingerprint density at radius 2 is 1.14 bits per heavy atom. The van der Waals surface area contributed by atoms with Crippen molar-refractivity contribution < 1.29 is 4.74 Å². The third-order valence-electron chi connectivity index (χ3n) is 11.4. The van der Waals surface area contributed by atoms with E-state index >= 15 is 0 Å². The Bertz CT molecular complexity index is 2890. The van der Waals surface area contributed by atoms with Gasteiger partial charge in [-0.05, 0) is 59.5 Å². The number of ether oxygens (including phenoxy) is 1. The standard InChI is InChI=1S/C51H38N4O/c1-35-29-31-50(2,55-45-26-13-12-25-43(45)44-28-27-40(33-46(44)55)37-18-8-4-9-19-37)51(30-15-24-42(34-51)56-35)49-53-47(38-20-10-5-11-21-38)52-48(54-49)41-23-14-22-39(32-41)36-16-6-3-7-17-36/h3-33H,1,34H2,2H3/b31-29-. The first-order valence-electron chi connectivity index (χ1n) is 19.0. The van der Waals surface area contributed by atoms with Crippen LogP contribution in [0.15, 0.2) is 206 Å². The summed E-state index contributed by atoms with van der Waals surface area (Å²) >= 11 is 0. The van der Waals surface area contributed by atoms with Crippen LogP contribution in [0.25, 0.3) is 66.8 Å². The lowest BCUT2D eigenvalue weighted by molar-refractivity contribution is 0.193. The van der Waals surface area contributed by atoms with Gasteiger partial charge in [-0.25, -0.2) is 15.0 Å². The van der Waals surface area contributed by atoms with Gasteiger partial charge in [0.25, 0.3) is 0 Å². The van der Waals surface area contributed by atoms with Crippen molar-refractivity contribution in [3.8, 4) is 45.0 Å². The average Bonchev–Trinajstić information content (AvgIpc) is 3.60. The van der Waals surface area contributed by atoms with E-state index in [2.05, 4.69) is 170 Å². The molecule has 56 heavy (non-hydrogen) atoms. The molecule has 0 radical (unpaired) electrons. The molecule has 0 saturated carbocycles. The number of hydrogen-bond donors (Lipinski definition) is 0. The molecule has 5 nitrogen and oxygen atoms in total. The summed E-state index contributed by atoms with van der Waals surface area (Å²) < 4.78 is 8.91. The molecule has 3 heterocycles. The van der Waals surface area contributed by atoms with Crippen LogP contribution in [0.5, 0.6) is 0 Å². The number of fused-ring (bicyclic) bond motifs is 5. The summed E-state index contributed by atoms with van der Waals surface area (Å²) in [6.45, 7) is 6.60. The number of rotatable bonds is 6. The van der Waals surface area contributed by atoms with Crippen LogP contribution in [0, 0.1) is 0 Å². The first-order valence-corrected chi connectivity index (χ1v) is 19.0. The molecule has 2 aliphatic rings. The zero-order valence-corrected chi connectivity index (χ0v) is 31.0. The van der Waals surface area contributed by atoms with Crippen LogP contribution in [0.1, 0.15) is 19.2 Å². The number of benzene rings is 6. The highest BCUT2D eigenvalue weighted by atomic mass is 16.5. The Labute approximate surface area is 326 Å². The summed E-state index contributed by atoms with van der Waals surface area (Å²) in [6, 6.07) is 55.1. The Balaban J connectivity index is 1.27.